The van der Waals surface area contributed by atoms with Crippen molar-refractivity contribution in [3.05, 3.63) is 75.8 Å². The van der Waals surface area contributed by atoms with Crippen LogP contribution < -0.4 is 0 Å². The molecule has 3 aromatic rings. The van der Waals surface area contributed by atoms with E-state index in [1.807, 2.05) is 29.3 Å². The number of carbonyl (C=O) groups excluding carboxylic acids is 1. The van der Waals surface area contributed by atoms with E-state index in [2.05, 4.69) is 69.0 Å². The molecule has 2 aromatic carbocycles. The molecule has 1 fully saturated rings. The molecule has 0 radical (unpaired) electrons. The Hall–Kier alpha value is -2.15. The molecule has 0 spiro atoms. The minimum absolute atomic E-state index is 0.0617. The van der Waals surface area contributed by atoms with Crippen molar-refractivity contribution in [1.29, 1.82) is 0 Å². The highest BCUT2D eigenvalue weighted by molar-refractivity contribution is 14.1. The van der Waals surface area contributed by atoms with Crippen LogP contribution in [0.1, 0.15) is 36.7 Å². The number of imidazole rings is 1. The Morgan fingerprint density at radius 2 is 1.93 bits per heavy atom. The van der Waals surface area contributed by atoms with Gasteiger partial charge in [0.15, 0.2) is 0 Å². The molecule has 27 heavy (non-hydrogen) atoms. The molecule has 4 nitrogen and oxygen atoms in total. The molecule has 0 unspecified atom stereocenters. The van der Waals surface area contributed by atoms with Crippen molar-refractivity contribution in [2.45, 2.75) is 31.7 Å². The van der Waals surface area contributed by atoms with E-state index in [1.54, 1.807) is 0 Å². The number of halogens is 1. The summed E-state index contributed by atoms with van der Waals surface area (Å²) in [5.74, 6) is 1.11. The normalized spacial score (nSPS) is 16.6. The first-order chi connectivity index (χ1) is 13.2. The van der Waals surface area contributed by atoms with Crippen molar-refractivity contribution in [3.8, 4) is 11.3 Å². The van der Waals surface area contributed by atoms with Crippen LogP contribution in [0.5, 0.6) is 0 Å². The quantitative estimate of drug-likeness (QED) is 0.534. The molecule has 1 atom stereocenters. The van der Waals surface area contributed by atoms with Gasteiger partial charge in [-0.05, 0) is 65.1 Å². The van der Waals surface area contributed by atoms with E-state index in [-0.39, 0.29) is 11.9 Å². The summed E-state index contributed by atoms with van der Waals surface area (Å²) in [6.45, 7) is 0.817. The molecule has 138 valence electrons. The summed E-state index contributed by atoms with van der Waals surface area (Å²) in [5.41, 5.74) is 3.33. The minimum atomic E-state index is 0.0617. The van der Waals surface area contributed by atoms with Crippen molar-refractivity contribution in [1.82, 2.24) is 14.9 Å². The van der Waals surface area contributed by atoms with E-state index in [1.165, 1.54) is 9.13 Å². The third kappa shape index (κ3) is 4.24. The van der Waals surface area contributed by atoms with E-state index < -0.39 is 0 Å². The van der Waals surface area contributed by atoms with Gasteiger partial charge in [0.05, 0.1) is 17.9 Å². The van der Waals surface area contributed by atoms with Crippen LogP contribution >= 0.6 is 22.6 Å². The van der Waals surface area contributed by atoms with Crippen molar-refractivity contribution >= 4 is 28.5 Å². The Balaban J connectivity index is 1.43. The van der Waals surface area contributed by atoms with Crippen LogP contribution in [0.25, 0.3) is 11.3 Å². The van der Waals surface area contributed by atoms with Gasteiger partial charge in [0.2, 0.25) is 5.91 Å². The highest BCUT2D eigenvalue weighted by Gasteiger charge is 2.31. The van der Waals surface area contributed by atoms with E-state index in [4.69, 9.17) is 0 Å². The zero-order chi connectivity index (χ0) is 18.6. The molecule has 1 aliphatic rings. The van der Waals surface area contributed by atoms with E-state index in [0.29, 0.717) is 6.42 Å². The number of amides is 1. The number of aromatic nitrogens is 2. The Morgan fingerprint density at radius 1 is 1.15 bits per heavy atom. The summed E-state index contributed by atoms with van der Waals surface area (Å²) in [5, 5.41) is 0. The number of nitrogens with zero attached hydrogens (tertiary/aromatic N) is 2. The second-order valence-electron chi connectivity index (χ2n) is 6.92. The maximum Gasteiger partial charge on any atom is 0.223 e. The number of rotatable bonds is 5. The SMILES string of the molecule is O=C(CCc1ccc(I)cc1)N1CCC[C@H]1c1ncc(-c2ccccc2)[nH]1. The Bertz CT molecular complexity index is 905. The highest BCUT2D eigenvalue weighted by atomic mass is 127. The van der Waals surface area contributed by atoms with Crippen LogP contribution in [0.15, 0.2) is 60.8 Å². The molecule has 0 saturated carbocycles. The summed E-state index contributed by atoms with van der Waals surface area (Å²) in [7, 11) is 0. The third-order valence-electron chi connectivity index (χ3n) is 5.11. The van der Waals surface area contributed by atoms with Gasteiger partial charge in [0.1, 0.15) is 5.82 Å². The number of benzene rings is 2. The van der Waals surface area contributed by atoms with Crippen LogP contribution in [-0.2, 0) is 11.2 Å². The van der Waals surface area contributed by atoms with Gasteiger partial charge >= 0.3 is 0 Å². The number of likely N-dealkylation sites (tertiary alicyclic amines) is 1. The van der Waals surface area contributed by atoms with Gasteiger partial charge in [-0.25, -0.2) is 4.98 Å². The zero-order valence-corrected chi connectivity index (χ0v) is 17.2. The average Bonchev–Trinajstić information content (AvgIpc) is 3.37. The maximum absolute atomic E-state index is 12.8. The van der Waals surface area contributed by atoms with Crippen molar-refractivity contribution in [2.24, 2.45) is 0 Å². The number of carbonyl (C=O) groups is 1. The zero-order valence-electron chi connectivity index (χ0n) is 15.1. The summed E-state index contributed by atoms with van der Waals surface area (Å²) in [6.07, 6.45) is 5.20. The fourth-order valence-electron chi connectivity index (χ4n) is 3.67. The van der Waals surface area contributed by atoms with Crippen LogP contribution in [0, 0.1) is 3.57 Å². The number of hydrogen-bond donors (Lipinski definition) is 1. The number of nitrogens with one attached hydrogen (secondary N) is 1. The highest BCUT2D eigenvalue weighted by Crippen LogP contribution is 2.32. The lowest BCUT2D eigenvalue weighted by Gasteiger charge is -2.23. The first kappa shape index (κ1) is 18.2. The van der Waals surface area contributed by atoms with Crippen LogP contribution in [0.2, 0.25) is 0 Å². The van der Waals surface area contributed by atoms with E-state index in [0.717, 1.165) is 42.9 Å². The van der Waals surface area contributed by atoms with Crippen molar-refractivity contribution < 1.29 is 4.79 Å². The lowest BCUT2D eigenvalue weighted by atomic mass is 10.1. The smallest absolute Gasteiger partial charge is 0.223 e. The molecule has 1 aliphatic heterocycles. The first-order valence-corrected chi connectivity index (χ1v) is 10.4. The Labute approximate surface area is 173 Å². The topological polar surface area (TPSA) is 49.0 Å². The summed E-state index contributed by atoms with van der Waals surface area (Å²) < 4.78 is 1.22. The van der Waals surface area contributed by atoms with Crippen LogP contribution in [0.3, 0.4) is 0 Å². The van der Waals surface area contributed by atoms with Crippen molar-refractivity contribution in [3.63, 3.8) is 0 Å². The molecule has 2 heterocycles. The third-order valence-corrected chi connectivity index (χ3v) is 5.83. The van der Waals surface area contributed by atoms with Gasteiger partial charge in [0.25, 0.3) is 0 Å². The molecule has 1 aromatic heterocycles. The first-order valence-electron chi connectivity index (χ1n) is 9.35. The monoisotopic (exact) mass is 471 g/mol. The minimum Gasteiger partial charge on any atom is -0.340 e. The molecule has 4 rings (SSSR count). The summed E-state index contributed by atoms with van der Waals surface area (Å²) in [6, 6.07) is 18.6. The lowest BCUT2D eigenvalue weighted by molar-refractivity contribution is -0.132. The molecular weight excluding hydrogens is 449 g/mol. The number of aryl methyl sites for hydroxylation is 1. The molecule has 1 N–H and O–H groups in total. The molecule has 1 amide bonds. The van der Waals surface area contributed by atoms with Gasteiger partial charge in [-0.15, -0.1) is 0 Å². The van der Waals surface area contributed by atoms with E-state index in [9.17, 15) is 4.79 Å². The molecule has 5 heteroatoms. The number of hydrogen-bond acceptors (Lipinski definition) is 2. The summed E-state index contributed by atoms with van der Waals surface area (Å²) >= 11 is 2.30. The molecule has 0 bridgehead atoms. The second-order valence-corrected chi connectivity index (χ2v) is 8.17. The van der Waals surface area contributed by atoms with Gasteiger partial charge in [-0.1, -0.05) is 42.5 Å². The van der Waals surface area contributed by atoms with Crippen LogP contribution in [0.4, 0.5) is 0 Å². The van der Waals surface area contributed by atoms with Crippen LogP contribution in [-0.4, -0.2) is 27.3 Å². The molecule has 1 saturated heterocycles. The predicted octanol–water partition coefficient (Wildman–Crippen LogP) is 4.98. The molecule has 0 aliphatic carbocycles. The molecular formula is C22H22IN3O. The van der Waals surface area contributed by atoms with Gasteiger partial charge < -0.3 is 9.88 Å². The summed E-state index contributed by atoms with van der Waals surface area (Å²) in [4.78, 5) is 22.8. The number of H-pyrrole nitrogens is 1. The second kappa shape index (κ2) is 8.25. The average molecular weight is 471 g/mol. The fourth-order valence-corrected chi connectivity index (χ4v) is 4.03. The predicted molar refractivity (Wildman–Crippen MR) is 115 cm³/mol. The maximum atomic E-state index is 12.8. The van der Waals surface area contributed by atoms with Gasteiger partial charge in [-0.3, -0.25) is 4.79 Å². The van der Waals surface area contributed by atoms with E-state index >= 15 is 0 Å². The van der Waals surface area contributed by atoms with Gasteiger partial charge in [0, 0.05) is 16.5 Å². The Kier molecular flexibility index (Phi) is 5.57. The largest absolute Gasteiger partial charge is 0.340 e. The standard InChI is InChI=1S/C22H22IN3O/c23-18-11-8-16(9-12-18)10-13-21(27)26-14-4-7-20(26)22-24-15-19(25-22)17-5-2-1-3-6-17/h1-3,5-6,8-9,11-12,15,20H,4,7,10,13-14H2,(H,24,25)/t20-/m0/s1. The Morgan fingerprint density at radius 3 is 2.70 bits per heavy atom. The van der Waals surface area contributed by atoms with Gasteiger partial charge in [-0.2, -0.15) is 0 Å². The number of aromatic amines is 1. The fraction of sp³-hybridized carbons (Fsp3) is 0.273. The lowest BCUT2D eigenvalue weighted by Crippen LogP contribution is -2.31. The van der Waals surface area contributed by atoms with Crippen molar-refractivity contribution in [2.75, 3.05) is 6.54 Å².